The first-order valence-corrected chi connectivity index (χ1v) is 11.8. The van der Waals surface area contributed by atoms with Gasteiger partial charge < -0.3 is 25.2 Å². The summed E-state index contributed by atoms with van der Waals surface area (Å²) < 4.78 is 5.54. The van der Waals surface area contributed by atoms with Crippen molar-refractivity contribution in [1.29, 1.82) is 0 Å². The number of thiophene rings is 1. The molecule has 3 rings (SSSR count). The van der Waals surface area contributed by atoms with Crippen molar-refractivity contribution in [2.45, 2.75) is 18.9 Å². The van der Waals surface area contributed by atoms with E-state index in [1.165, 1.54) is 37.5 Å². The van der Waals surface area contributed by atoms with Gasteiger partial charge in [0.05, 0.1) is 19.3 Å². The van der Waals surface area contributed by atoms with Crippen molar-refractivity contribution in [1.82, 2.24) is 25.3 Å². The molecular weight excluding hydrogens is 384 g/mol. The van der Waals surface area contributed by atoms with Crippen molar-refractivity contribution in [2.24, 2.45) is 4.99 Å². The molecule has 0 aliphatic carbocycles. The zero-order valence-corrected chi connectivity index (χ0v) is 18.9. The molecule has 164 valence electrons. The molecule has 0 aromatic carbocycles. The van der Waals surface area contributed by atoms with E-state index in [0.717, 1.165) is 58.3 Å². The summed E-state index contributed by atoms with van der Waals surface area (Å²) in [4.78, 5) is 13.4. The highest BCUT2D eigenvalue weighted by Crippen LogP contribution is 2.25. The van der Waals surface area contributed by atoms with Gasteiger partial charge in [-0.15, -0.1) is 11.3 Å². The van der Waals surface area contributed by atoms with Crippen LogP contribution < -0.4 is 10.6 Å². The molecule has 0 spiro atoms. The Morgan fingerprint density at radius 1 is 1.17 bits per heavy atom. The average Bonchev–Trinajstić information content (AvgIpc) is 3.20. The summed E-state index contributed by atoms with van der Waals surface area (Å²) in [7, 11) is 4.08. The summed E-state index contributed by atoms with van der Waals surface area (Å²) in [6.07, 6.45) is 2.42. The van der Waals surface area contributed by atoms with Gasteiger partial charge in [0, 0.05) is 51.2 Å². The lowest BCUT2D eigenvalue weighted by molar-refractivity contribution is 0.0177. The minimum Gasteiger partial charge on any atom is -0.379 e. The lowest BCUT2D eigenvalue weighted by Crippen LogP contribution is -2.46. The molecule has 29 heavy (non-hydrogen) atoms. The van der Waals surface area contributed by atoms with Crippen LogP contribution in [-0.2, 0) is 4.74 Å². The standard InChI is InChI=1S/C21H38N6OS/c1-22-21(23-7-4-9-26-10-5-8-25(2)11-12-26)24-18-19(20-6-3-17-29-20)27-13-15-28-16-14-27/h3,6,17,19H,4-5,7-16,18H2,1-2H3,(H2,22,23,24). The van der Waals surface area contributed by atoms with Gasteiger partial charge in [-0.1, -0.05) is 6.07 Å². The van der Waals surface area contributed by atoms with Crippen molar-refractivity contribution in [3.8, 4) is 0 Å². The third-order valence-electron chi connectivity index (χ3n) is 5.80. The van der Waals surface area contributed by atoms with E-state index in [9.17, 15) is 0 Å². The summed E-state index contributed by atoms with van der Waals surface area (Å²) in [6, 6.07) is 4.74. The number of guanidine groups is 1. The molecule has 2 aliphatic heterocycles. The number of nitrogens with zero attached hydrogens (tertiary/aromatic N) is 4. The van der Waals surface area contributed by atoms with E-state index >= 15 is 0 Å². The van der Waals surface area contributed by atoms with Gasteiger partial charge in [-0.05, 0) is 51.0 Å². The highest BCUT2D eigenvalue weighted by atomic mass is 32.1. The molecule has 0 radical (unpaired) electrons. The Hall–Kier alpha value is -1.19. The van der Waals surface area contributed by atoms with Crippen LogP contribution in [0.15, 0.2) is 22.5 Å². The topological polar surface area (TPSA) is 55.4 Å². The zero-order chi connectivity index (χ0) is 20.3. The normalized spacial score (nSPS) is 21.7. The highest BCUT2D eigenvalue weighted by molar-refractivity contribution is 7.10. The van der Waals surface area contributed by atoms with Crippen LogP contribution in [0, 0.1) is 0 Å². The molecule has 2 N–H and O–H groups in total. The van der Waals surface area contributed by atoms with Gasteiger partial charge in [0.1, 0.15) is 0 Å². The SMILES string of the molecule is CN=C(NCCCN1CCCN(C)CC1)NCC(c1cccs1)N1CCOCC1. The van der Waals surface area contributed by atoms with Gasteiger partial charge in [-0.2, -0.15) is 0 Å². The first kappa shape index (κ1) is 22.5. The van der Waals surface area contributed by atoms with Gasteiger partial charge in [-0.3, -0.25) is 9.89 Å². The molecule has 1 aromatic heterocycles. The van der Waals surface area contributed by atoms with Crippen molar-refractivity contribution in [2.75, 3.05) is 86.2 Å². The number of ether oxygens (including phenoxy) is 1. The van der Waals surface area contributed by atoms with E-state index in [0.29, 0.717) is 6.04 Å². The Bertz CT molecular complexity index is 590. The molecular formula is C21H38N6OS. The first-order valence-electron chi connectivity index (χ1n) is 11.0. The average molecular weight is 423 g/mol. The summed E-state index contributed by atoms with van der Waals surface area (Å²) in [5, 5.41) is 9.21. The quantitative estimate of drug-likeness (QED) is 0.374. The van der Waals surface area contributed by atoms with E-state index < -0.39 is 0 Å². The van der Waals surface area contributed by atoms with E-state index in [1.807, 2.05) is 18.4 Å². The van der Waals surface area contributed by atoms with E-state index in [-0.39, 0.29) is 0 Å². The van der Waals surface area contributed by atoms with Crippen molar-refractivity contribution < 1.29 is 4.74 Å². The fraction of sp³-hybridized carbons (Fsp3) is 0.762. The predicted molar refractivity (Wildman–Crippen MR) is 122 cm³/mol. The third-order valence-corrected chi connectivity index (χ3v) is 6.77. The Morgan fingerprint density at radius 2 is 2.03 bits per heavy atom. The Morgan fingerprint density at radius 3 is 2.79 bits per heavy atom. The molecule has 1 aromatic rings. The number of likely N-dealkylation sites (N-methyl/N-ethyl adjacent to an activating group) is 1. The smallest absolute Gasteiger partial charge is 0.191 e. The summed E-state index contributed by atoms with van der Waals surface area (Å²) >= 11 is 1.83. The summed E-state index contributed by atoms with van der Waals surface area (Å²) in [5.74, 6) is 0.899. The minimum atomic E-state index is 0.367. The summed E-state index contributed by atoms with van der Waals surface area (Å²) in [5.41, 5.74) is 0. The van der Waals surface area contributed by atoms with E-state index in [2.05, 4.69) is 54.9 Å². The molecule has 2 aliphatic rings. The Kier molecular flexibility index (Phi) is 9.69. The second-order valence-corrected chi connectivity index (χ2v) is 8.89. The molecule has 0 bridgehead atoms. The number of hydrogen-bond donors (Lipinski definition) is 2. The third kappa shape index (κ3) is 7.53. The zero-order valence-electron chi connectivity index (χ0n) is 18.1. The molecule has 2 saturated heterocycles. The maximum Gasteiger partial charge on any atom is 0.191 e. The first-order chi connectivity index (χ1) is 14.3. The van der Waals surface area contributed by atoms with Crippen molar-refractivity contribution in [3.63, 3.8) is 0 Å². The molecule has 2 fully saturated rings. The second kappa shape index (κ2) is 12.5. The van der Waals surface area contributed by atoms with Crippen molar-refractivity contribution >= 4 is 17.3 Å². The minimum absolute atomic E-state index is 0.367. The van der Waals surface area contributed by atoms with Crippen LogP contribution in [0.1, 0.15) is 23.8 Å². The Labute approximate surface area is 180 Å². The van der Waals surface area contributed by atoms with Crippen molar-refractivity contribution in [3.05, 3.63) is 22.4 Å². The van der Waals surface area contributed by atoms with Crippen LogP contribution in [0.5, 0.6) is 0 Å². The van der Waals surface area contributed by atoms with Crippen LogP contribution >= 0.6 is 11.3 Å². The molecule has 8 heteroatoms. The highest BCUT2D eigenvalue weighted by Gasteiger charge is 2.23. The fourth-order valence-corrected chi connectivity index (χ4v) is 4.89. The maximum absolute atomic E-state index is 5.54. The number of aliphatic imine (C=N–C) groups is 1. The molecule has 1 unspecified atom stereocenters. The largest absolute Gasteiger partial charge is 0.379 e. The van der Waals surface area contributed by atoms with Crippen LogP contribution in [-0.4, -0.2) is 107 Å². The van der Waals surface area contributed by atoms with E-state index in [4.69, 9.17) is 4.74 Å². The number of rotatable bonds is 8. The van der Waals surface area contributed by atoms with Gasteiger partial charge in [0.25, 0.3) is 0 Å². The molecule has 1 atom stereocenters. The van der Waals surface area contributed by atoms with Crippen LogP contribution in [0.3, 0.4) is 0 Å². The van der Waals surface area contributed by atoms with Crippen LogP contribution in [0.4, 0.5) is 0 Å². The lowest BCUT2D eigenvalue weighted by atomic mass is 10.2. The second-order valence-electron chi connectivity index (χ2n) is 7.91. The molecule has 0 amide bonds. The number of nitrogens with one attached hydrogen (secondary N) is 2. The van der Waals surface area contributed by atoms with Gasteiger partial charge in [-0.25, -0.2) is 0 Å². The summed E-state index contributed by atoms with van der Waals surface area (Å²) in [6.45, 7) is 11.4. The monoisotopic (exact) mass is 422 g/mol. The molecule has 0 saturated carbocycles. The lowest BCUT2D eigenvalue weighted by Gasteiger charge is -2.34. The maximum atomic E-state index is 5.54. The van der Waals surface area contributed by atoms with Gasteiger partial charge in [0.15, 0.2) is 5.96 Å². The van der Waals surface area contributed by atoms with Crippen LogP contribution in [0.25, 0.3) is 0 Å². The number of morpholine rings is 1. The molecule has 7 nitrogen and oxygen atoms in total. The van der Waals surface area contributed by atoms with Crippen LogP contribution in [0.2, 0.25) is 0 Å². The van der Waals surface area contributed by atoms with E-state index in [1.54, 1.807) is 0 Å². The predicted octanol–water partition coefficient (Wildman–Crippen LogP) is 1.31. The van der Waals surface area contributed by atoms with Gasteiger partial charge >= 0.3 is 0 Å². The van der Waals surface area contributed by atoms with Gasteiger partial charge in [0.2, 0.25) is 0 Å². The molecule has 3 heterocycles. The fourth-order valence-electron chi connectivity index (χ4n) is 4.03. The Balaban J connectivity index is 1.40. The number of hydrogen-bond acceptors (Lipinski definition) is 6.